The van der Waals surface area contributed by atoms with Crippen molar-refractivity contribution in [2.24, 2.45) is 10.1 Å². The third-order valence-corrected chi connectivity index (χ3v) is 4.45. The van der Waals surface area contributed by atoms with Gasteiger partial charge in [0.15, 0.2) is 5.96 Å². The van der Waals surface area contributed by atoms with Crippen LogP contribution in [0.15, 0.2) is 64.5 Å². The molecule has 0 aliphatic rings. The molecule has 0 radical (unpaired) electrons. The van der Waals surface area contributed by atoms with E-state index in [0.29, 0.717) is 25.7 Å². The second-order valence-electron chi connectivity index (χ2n) is 5.56. The second-order valence-corrected chi connectivity index (χ2v) is 7.12. The van der Waals surface area contributed by atoms with Gasteiger partial charge in [-0.1, -0.05) is 30.3 Å². The lowest BCUT2D eigenvalue weighted by molar-refractivity contribution is 0.311. The van der Waals surface area contributed by atoms with Crippen molar-refractivity contribution in [1.82, 2.24) is 10.6 Å². The number of aliphatic imine (C=N–C) groups is 1. The normalized spacial score (nSPS) is 11.8. The molecule has 7 nitrogen and oxygen atoms in total. The average Bonchev–Trinajstić information content (AvgIpc) is 2.64. The smallest absolute Gasteiger partial charge is 0.238 e. The molecule has 0 aliphatic carbocycles. The third-order valence-electron chi connectivity index (χ3n) is 3.54. The van der Waals surface area contributed by atoms with Gasteiger partial charge in [-0.3, -0.25) is 4.99 Å². The summed E-state index contributed by atoms with van der Waals surface area (Å²) in [5, 5.41) is 11.5. The molecule has 0 amide bonds. The number of nitrogens with two attached hydrogens (primary N) is 1. The summed E-state index contributed by atoms with van der Waals surface area (Å²) in [4.78, 5) is 4.24. The zero-order valence-electron chi connectivity index (χ0n) is 14.7. The highest BCUT2D eigenvalue weighted by atomic mass is 32.2. The van der Waals surface area contributed by atoms with Crippen LogP contribution in [0.3, 0.4) is 0 Å². The SMILES string of the molecule is CN=C(NCCCOc1ccccc1)NCc1cccc(S(N)(=O)=O)c1. The lowest BCUT2D eigenvalue weighted by Crippen LogP contribution is -2.37. The summed E-state index contributed by atoms with van der Waals surface area (Å²) in [6.07, 6.45) is 0.816. The molecule has 0 fully saturated rings. The minimum Gasteiger partial charge on any atom is -0.494 e. The molecule has 0 heterocycles. The molecule has 0 aromatic heterocycles. The van der Waals surface area contributed by atoms with Crippen LogP contribution >= 0.6 is 0 Å². The number of nitrogens with one attached hydrogen (secondary N) is 2. The van der Waals surface area contributed by atoms with Crippen LogP contribution in [0, 0.1) is 0 Å². The Morgan fingerprint density at radius 1 is 1.12 bits per heavy atom. The van der Waals surface area contributed by atoms with Gasteiger partial charge in [-0.15, -0.1) is 0 Å². The second kappa shape index (κ2) is 9.79. The predicted molar refractivity (Wildman–Crippen MR) is 103 cm³/mol. The minimum absolute atomic E-state index is 0.0952. The Morgan fingerprint density at radius 3 is 2.58 bits per heavy atom. The van der Waals surface area contributed by atoms with Gasteiger partial charge in [-0.05, 0) is 36.2 Å². The number of nitrogens with zero attached hydrogens (tertiary/aromatic N) is 1. The molecule has 0 atom stereocenters. The van der Waals surface area contributed by atoms with Gasteiger partial charge in [0, 0.05) is 20.1 Å². The Kier molecular flexibility index (Phi) is 7.43. The highest BCUT2D eigenvalue weighted by Gasteiger charge is 2.08. The summed E-state index contributed by atoms with van der Waals surface area (Å²) in [7, 11) is -2.02. The van der Waals surface area contributed by atoms with E-state index >= 15 is 0 Å². The Labute approximate surface area is 154 Å². The van der Waals surface area contributed by atoms with E-state index in [0.717, 1.165) is 17.7 Å². The molecule has 2 aromatic rings. The molecule has 2 aromatic carbocycles. The molecule has 8 heteroatoms. The number of benzene rings is 2. The summed E-state index contributed by atoms with van der Waals surface area (Å²) in [5.41, 5.74) is 0.798. The van der Waals surface area contributed by atoms with Crippen LogP contribution in [0.25, 0.3) is 0 Å². The van der Waals surface area contributed by atoms with E-state index in [9.17, 15) is 8.42 Å². The summed E-state index contributed by atoms with van der Waals surface area (Å²) in [5.74, 6) is 1.48. The first-order chi connectivity index (χ1) is 12.5. The molecule has 0 spiro atoms. The van der Waals surface area contributed by atoms with Crippen molar-refractivity contribution in [3.8, 4) is 5.75 Å². The van der Waals surface area contributed by atoms with Gasteiger partial charge in [-0.25, -0.2) is 13.6 Å². The maximum Gasteiger partial charge on any atom is 0.238 e. The number of hydrogen-bond donors (Lipinski definition) is 3. The summed E-state index contributed by atoms with van der Waals surface area (Å²) in [6, 6.07) is 16.2. The van der Waals surface area contributed by atoms with Crippen molar-refractivity contribution in [2.45, 2.75) is 17.9 Å². The first-order valence-corrected chi connectivity index (χ1v) is 9.78. The van der Waals surface area contributed by atoms with Crippen LogP contribution in [0.2, 0.25) is 0 Å². The highest BCUT2D eigenvalue weighted by Crippen LogP contribution is 2.09. The van der Waals surface area contributed by atoms with Gasteiger partial charge < -0.3 is 15.4 Å². The van der Waals surface area contributed by atoms with Crippen LogP contribution < -0.4 is 20.5 Å². The molecule has 2 rings (SSSR count). The van der Waals surface area contributed by atoms with Gasteiger partial charge in [0.1, 0.15) is 5.75 Å². The fraction of sp³-hybridized carbons (Fsp3) is 0.278. The fourth-order valence-corrected chi connectivity index (χ4v) is 2.81. The van der Waals surface area contributed by atoms with E-state index in [1.165, 1.54) is 6.07 Å². The molecule has 0 aliphatic heterocycles. The zero-order valence-corrected chi connectivity index (χ0v) is 15.5. The fourth-order valence-electron chi connectivity index (χ4n) is 2.22. The van der Waals surface area contributed by atoms with E-state index in [4.69, 9.17) is 9.88 Å². The number of sulfonamides is 1. The third kappa shape index (κ3) is 6.73. The maximum absolute atomic E-state index is 11.4. The first kappa shape index (κ1) is 19.7. The van der Waals surface area contributed by atoms with Crippen molar-refractivity contribution in [3.05, 3.63) is 60.2 Å². The Bertz CT molecular complexity index is 823. The van der Waals surface area contributed by atoms with Crippen LogP contribution in [-0.2, 0) is 16.6 Å². The largest absolute Gasteiger partial charge is 0.494 e. The average molecular weight is 376 g/mol. The number of para-hydroxylation sites is 1. The Hall–Kier alpha value is -2.58. The monoisotopic (exact) mass is 376 g/mol. The lowest BCUT2D eigenvalue weighted by Gasteiger charge is -2.12. The molecule has 0 saturated carbocycles. The molecule has 4 N–H and O–H groups in total. The molecule has 0 unspecified atom stereocenters. The van der Waals surface area contributed by atoms with Gasteiger partial charge in [0.2, 0.25) is 10.0 Å². The highest BCUT2D eigenvalue weighted by molar-refractivity contribution is 7.89. The van der Waals surface area contributed by atoms with Crippen molar-refractivity contribution >= 4 is 16.0 Å². The summed E-state index contributed by atoms with van der Waals surface area (Å²) >= 11 is 0. The molecule has 0 saturated heterocycles. The van der Waals surface area contributed by atoms with Crippen molar-refractivity contribution in [3.63, 3.8) is 0 Å². The van der Waals surface area contributed by atoms with E-state index in [-0.39, 0.29) is 4.90 Å². The van der Waals surface area contributed by atoms with Crippen LogP contribution in [-0.4, -0.2) is 34.6 Å². The Morgan fingerprint density at radius 2 is 1.88 bits per heavy atom. The molecular weight excluding hydrogens is 352 g/mol. The number of primary sulfonamides is 1. The van der Waals surface area contributed by atoms with Crippen molar-refractivity contribution in [2.75, 3.05) is 20.2 Å². The molecule has 0 bridgehead atoms. The summed E-state index contributed by atoms with van der Waals surface area (Å²) < 4.78 is 28.4. The van der Waals surface area contributed by atoms with Crippen molar-refractivity contribution in [1.29, 1.82) is 0 Å². The maximum atomic E-state index is 11.4. The summed E-state index contributed by atoms with van der Waals surface area (Å²) in [6.45, 7) is 1.73. The minimum atomic E-state index is -3.70. The van der Waals surface area contributed by atoms with Gasteiger partial charge in [0.05, 0.1) is 11.5 Å². The number of guanidine groups is 1. The lowest BCUT2D eigenvalue weighted by atomic mass is 10.2. The van der Waals surface area contributed by atoms with E-state index in [2.05, 4.69) is 15.6 Å². The number of rotatable bonds is 8. The number of ether oxygens (including phenoxy) is 1. The van der Waals surface area contributed by atoms with E-state index < -0.39 is 10.0 Å². The van der Waals surface area contributed by atoms with E-state index in [1.54, 1.807) is 19.2 Å². The standard InChI is InChI=1S/C18H24N4O3S/c1-20-18(21-11-6-12-25-16-8-3-2-4-9-16)22-14-15-7-5-10-17(13-15)26(19,23)24/h2-5,7-10,13H,6,11-12,14H2,1H3,(H2,19,23,24)(H2,20,21,22). The molecular formula is C18H24N4O3S. The van der Waals surface area contributed by atoms with Gasteiger partial charge in [-0.2, -0.15) is 0 Å². The zero-order chi connectivity index (χ0) is 18.8. The van der Waals surface area contributed by atoms with Crippen LogP contribution in [0.1, 0.15) is 12.0 Å². The first-order valence-electron chi connectivity index (χ1n) is 8.23. The van der Waals surface area contributed by atoms with Crippen LogP contribution in [0.5, 0.6) is 5.75 Å². The quantitative estimate of drug-likeness (QED) is 0.367. The Balaban J connectivity index is 1.73. The number of hydrogen-bond acceptors (Lipinski definition) is 4. The van der Waals surface area contributed by atoms with Crippen LogP contribution in [0.4, 0.5) is 0 Å². The van der Waals surface area contributed by atoms with Crippen molar-refractivity contribution < 1.29 is 13.2 Å². The van der Waals surface area contributed by atoms with Gasteiger partial charge in [0.25, 0.3) is 0 Å². The predicted octanol–water partition coefficient (Wildman–Crippen LogP) is 1.47. The van der Waals surface area contributed by atoms with Gasteiger partial charge >= 0.3 is 0 Å². The topological polar surface area (TPSA) is 106 Å². The van der Waals surface area contributed by atoms with E-state index in [1.807, 2.05) is 36.4 Å². The molecule has 140 valence electrons. The molecule has 26 heavy (non-hydrogen) atoms.